The lowest BCUT2D eigenvalue weighted by Gasteiger charge is -2.39. The molecule has 3 fully saturated rings. The van der Waals surface area contributed by atoms with Crippen molar-refractivity contribution in [3.8, 4) is 0 Å². The van der Waals surface area contributed by atoms with Crippen molar-refractivity contribution in [3.05, 3.63) is 0 Å². The molecule has 8 nitrogen and oxygen atoms in total. The molecule has 3 heterocycles. The lowest BCUT2D eigenvalue weighted by molar-refractivity contribution is -0.125. The normalized spacial score (nSPS) is 27.4. The maximum absolute atomic E-state index is 12.2. The van der Waals surface area contributed by atoms with E-state index in [9.17, 15) is 9.59 Å². The minimum atomic E-state index is -0.788. The SMILES string of the molecule is CCNC(=NCCN1CCC(C)CC1)N1CCC(C2(C)NC(=O)NC2=O)CC1.I. The van der Waals surface area contributed by atoms with Crippen molar-refractivity contribution >= 4 is 41.9 Å². The fraction of sp³-hybridized carbons (Fsp3) is 0.850. The molecule has 3 aliphatic heterocycles. The van der Waals surface area contributed by atoms with Gasteiger partial charge < -0.3 is 20.4 Å². The molecule has 0 spiro atoms. The zero-order valence-corrected chi connectivity index (χ0v) is 20.3. The molecule has 0 bridgehead atoms. The van der Waals surface area contributed by atoms with E-state index in [0.29, 0.717) is 0 Å². The Kier molecular flexibility index (Phi) is 8.99. The number of rotatable bonds is 5. The van der Waals surface area contributed by atoms with E-state index in [1.54, 1.807) is 0 Å². The van der Waals surface area contributed by atoms with Crippen LogP contribution in [0.25, 0.3) is 0 Å². The van der Waals surface area contributed by atoms with E-state index in [0.717, 1.165) is 57.4 Å². The summed E-state index contributed by atoms with van der Waals surface area (Å²) in [4.78, 5) is 33.4. The van der Waals surface area contributed by atoms with E-state index < -0.39 is 5.54 Å². The predicted octanol–water partition coefficient (Wildman–Crippen LogP) is 1.61. The van der Waals surface area contributed by atoms with Crippen LogP contribution in [0.3, 0.4) is 0 Å². The Hall–Kier alpha value is -1.10. The van der Waals surface area contributed by atoms with E-state index in [1.165, 1.54) is 25.9 Å². The number of carbonyl (C=O) groups excluding carboxylic acids is 2. The largest absolute Gasteiger partial charge is 0.357 e. The van der Waals surface area contributed by atoms with Crippen LogP contribution in [-0.4, -0.2) is 79.0 Å². The standard InChI is InChI=1S/C20H36N6O2.HI/c1-4-21-18(22-9-14-25-10-5-15(2)6-11-25)26-12-7-16(8-13-26)20(3)17(27)23-19(28)24-20;/h15-16H,4-14H2,1-3H3,(H,21,22)(H2,23,24,27,28);1H. The Morgan fingerprint density at radius 1 is 1.17 bits per heavy atom. The fourth-order valence-electron chi connectivity index (χ4n) is 4.52. The van der Waals surface area contributed by atoms with E-state index >= 15 is 0 Å². The number of guanidine groups is 1. The molecule has 0 aromatic carbocycles. The number of nitrogens with zero attached hydrogens (tertiary/aromatic N) is 3. The number of urea groups is 1. The molecule has 0 aliphatic carbocycles. The van der Waals surface area contributed by atoms with E-state index in [2.05, 4.69) is 39.6 Å². The average Bonchev–Trinajstić information content (AvgIpc) is 2.95. The number of piperidine rings is 2. The number of hydrogen-bond acceptors (Lipinski definition) is 4. The maximum atomic E-state index is 12.2. The van der Waals surface area contributed by atoms with Crippen molar-refractivity contribution in [2.24, 2.45) is 16.8 Å². The summed E-state index contributed by atoms with van der Waals surface area (Å²) in [6.45, 7) is 13.0. The van der Waals surface area contributed by atoms with Gasteiger partial charge in [-0.25, -0.2) is 4.79 Å². The third-order valence-electron chi connectivity index (χ3n) is 6.57. The Morgan fingerprint density at radius 2 is 1.83 bits per heavy atom. The lowest BCUT2D eigenvalue weighted by atomic mass is 9.79. The van der Waals surface area contributed by atoms with Crippen molar-refractivity contribution in [2.45, 2.75) is 52.0 Å². The van der Waals surface area contributed by atoms with Crippen LogP contribution in [-0.2, 0) is 4.79 Å². The lowest BCUT2D eigenvalue weighted by Crippen LogP contribution is -2.55. The Balaban J connectivity index is 0.00000300. The van der Waals surface area contributed by atoms with Crippen molar-refractivity contribution in [1.82, 2.24) is 25.8 Å². The highest BCUT2D eigenvalue weighted by Gasteiger charge is 2.48. The van der Waals surface area contributed by atoms with E-state index in [1.807, 2.05) is 6.92 Å². The van der Waals surface area contributed by atoms with Gasteiger partial charge in [0.25, 0.3) is 5.91 Å². The Morgan fingerprint density at radius 3 is 2.38 bits per heavy atom. The number of amides is 3. The first-order chi connectivity index (χ1) is 13.4. The molecule has 3 N–H and O–H groups in total. The summed E-state index contributed by atoms with van der Waals surface area (Å²) in [5.41, 5.74) is -0.788. The van der Waals surface area contributed by atoms with Crippen LogP contribution in [0.5, 0.6) is 0 Å². The van der Waals surface area contributed by atoms with Gasteiger partial charge in [0.05, 0.1) is 6.54 Å². The summed E-state index contributed by atoms with van der Waals surface area (Å²) < 4.78 is 0. The van der Waals surface area contributed by atoms with Crippen molar-refractivity contribution in [2.75, 3.05) is 45.8 Å². The van der Waals surface area contributed by atoms with Crippen LogP contribution in [0, 0.1) is 11.8 Å². The van der Waals surface area contributed by atoms with Gasteiger partial charge in [-0.15, -0.1) is 24.0 Å². The van der Waals surface area contributed by atoms with Crippen LogP contribution in [0.4, 0.5) is 4.79 Å². The number of likely N-dealkylation sites (tertiary alicyclic amines) is 2. The summed E-state index contributed by atoms with van der Waals surface area (Å²) in [6.07, 6.45) is 4.30. The molecule has 0 radical (unpaired) electrons. The zero-order valence-electron chi connectivity index (χ0n) is 18.0. The molecule has 9 heteroatoms. The van der Waals surface area contributed by atoms with Gasteiger partial charge in [0.15, 0.2) is 5.96 Å². The molecule has 29 heavy (non-hydrogen) atoms. The van der Waals surface area contributed by atoms with Gasteiger partial charge in [-0.05, 0) is 64.5 Å². The number of imide groups is 1. The quantitative estimate of drug-likeness (QED) is 0.222. The van der Waals surface area contributed by atoms with Gasteiger partial charge in [-0.3, -0.25) is 15.1 Å². The number of hydrogen-bond donors (Lipinski definition) is 3. The van der Waals surface area contributed by atoms with Crippen molar-refractivity contribution < 1.29 is 9.59 Å². The summed E-state index contributed by atoms with van der Waals surface area (Å²) in [5, 5.41) is 8.62. The van der Waals surface area contributed by atoms with Crippen LogP contribution in [0.15, 0.2) is 4.99 Å². The Labute approximate surface area is 191 Å². The van der Waals surface area contributed by atoms with Gasteiger partial charge in [-0.2, -0.15) is 0 Å². The Bertz CT molecular complexity index is 600. The van der Waals surface area contributed by atoms with E-state index in [-0.39, 0.29) is 41.8 Å². The molecule has 3 saturated heterocycles. The number of nitrogens with one attached hydrogen (secondary N) is 3. The number of halogens is 1. The summed E-state index contributed by atoms with van der Waals surface area (Å²) in [5.74, 6) is 1.77. The van der Waals surface area contributed by atoms with Gasteiger partial charge in [0.1, 0.15) is 5.54 Å². The van der Waals surface area contributed by atoms with Gasteiger partial charge in [-0.1, -0.05) is 6.92 Å². The molecule has 1 unspecified atom stereocenters. The zero-order chi connectivity index (χ0) is 20.1. The molecule has 3 aliphatic rings. The van der Waals surface area contributed by atoms with Crippen molar-refractivity contribution in [1.29, 1.82) is 0 Å². The van der Waals surface area contributed by atoms with Crippen LogP contribution in [0.2, 0.25) is 0 Å². The summed E-state index contributed by atoms with van der Waals surface area (Å²) in [6, 6.07) is -0.378. The predicted molar refractivity (Wildman–Crippen MR) is 126 cm³/mol. The average molecular weight is 520 g/mol. The first-order valence-corrected chi connectivity index (χ1v) is 10.8. The third kappa shape index (κ3) is 5.96. The molecule has 0 aromatic heterocycles. The maximum Gasteiger partial charge on any atom is 0.322 e. The second-order valence-corrected chi connectivity index (χ2v) is 8.63. The smallest absolute Gasteiger partial charge is 0.322 e. The van der Waals surface area contributed by atoms with Crippen molar-refractivity contribution in [3.63, 3.8) is 0 Å². The van der Waals surface area contributed by atoms with Gasteiger partial charge >= 0.3 is 6.03 Å². The molecular weight excluding hydrogens is 483 g/mol. The van der Waals surface area contributed by atoms with Crippen LogP contribution < -0.4 is 16.0 Å². The molecule has 0 saturated carbocycles. The van der Waals surface area contributed by atoms with Crippen LogP contribution in [0.1, 0.15) is 46.5 Å². The first kappa shape index (κ1) is 24.2. The molecule has 3 amide bonds. The molecule has 1 atom stereocenters. The fourth-order valence-corrected chi connectivity index (χ4v) is 4.52. The highest BCUT2D eigenvalue weighted by atomic mass is 127. The molecular formula is C20H37IN6O2. The molecule has 3 rings (SSSR count). The summed E-state index contributed by atoms with van der Waals surface area (Å²) in [7, 11) is 0. The highest BCUT2D eigenvalue weighted by Crippen LogP contribution is 2.30. The second-order valence-electron chi connectivity index (χ2n) is 8.63. The highest BCUT2D eigenvalue weighted by molar-refractivity contribution is 14.0. The molecule has 0 aromatic rings. The monoisotopic (exact) mass is 520 g/mol. The number of carbonyl (C=O) groups is 2. The second kappa shape index (κ2) is 10.8. The minimum Gasteiger partial charge on any atom is -0.357 e. The van der Waals surface area contributed by atoms with Crippen LogP contribution >= 0.6 is 24.0 Å². The first-order valence-electron chi connectivity index (χ1n) is 10.8. The van der Waals surface area contributed by atoms with Gasteiger partial charge in [0, 0.05) is 26.2 Å². The van der Waals surface area contributed by atoms with Gasteiger partial charge in [0.2, 0.25) is 0 Å². The molecule has 166 valence electrons. The number of aliphatic imine (C=N–C) groups is 1. The topological polar surface area (TPSA) is 89.1 Å². The minimum absolute atomic E-state index is 0. The third-order valence-corrected chi connectivity index (χ3v) is 6.57. The van der Waals surface area contributed by atoms with E-state index in [4.69, 9.17) is 4.99 Å². The summed E-state index contributed by atoms with van der Waals surface area (Å²) >= 11 is 0.